The monoisotopic (exact) mass is 222 g/mol. The second-order valence-electron chi connectivity index (χ2n) is 3.85. The van der Waals surface area contributed by atoms with Crippen LogP contribution in [0.15, 0.2) is 34.2 Å². The van der Waals surface area contributed by atoms with Gasteiger partial charge in [0.15, 0.2) is 0 Å². The molecule has 1 aromatic rings. The molecule has 1 rings (SSSR count). The van der Waals surface area contributed by atoms with Crippen molar-refractivity contribution in [2.45, 2.75) is 18.7 Å². The first kappa shape index (κ1) is 12.1. The lowest BCUT2D eigenvalue weighted by Gasteiger charge is -2.04. The van der Waals surface area contributed by atoms with Gasteiger partial charge in [-0.15, -0.1) is 11.8 Å². The van der Waals surface area contributed by atoms with Crippen LogP contribution >= 0.6 is 11.8 Å². The molecule has 0 heterocycles. The Labute approximate surface area is 96.0 Å². The van der Waals surface area contributed by atoms with Gasteiger partial charge >= 0.3 is 0 Å². The van der Waals surface area contributed by atoms with E-state index in [0.29, 0.717) is 11.8 Å². The molecule has 0 fully saturated rings. The smallest absolute Gasteiger partial charge is 0.125 e. The average molecular weight is 222 g/mol. The molecule has 0 aliphatic heterocycles. The molecule has 0 unspecified atom stereocenters. The van der Waals surface area contributed by atoms with E-state index in [9.17, 15) is 0 Å². The van der Waals surface area contributed by atoms with Gasteiger partial charge in [-0.05, 0) is 24.3 Å². The normalized spacial score (nSPS) is 12.1. The minimum atomic E-state index is 0.550. The second-order valence-corrected chi connectivity index (χ2v) is 4.73. The molecule has 82 valence electrons. The Hall–Kier alpha value is -0.960. The maximum absolute atomic E-state index is 5.88. The number of rotatable bonds is 4. The van der Waals surface area contributed by atoms with Gasteiger partial charge in [0.05, 0.1) is 0 Å². The maximum atomic E-state index is 5.88. The first-order chi connectivity index (χ1) is 7.13. The summed E-state index contributed by atoms with van der Waals surface area (Å²) in [4.78, 5) is 5.58. The van der Waals surface area contributed by atoms with Gasteiger partial charge in [0.25, 0.3) is 0 Å². The second kappa shape index (κ2) is 5.81. The number of nitrogens with two attached hydrogens (primary N) is 1. The van der Waals surface area contributed by atoms with E-state index >= 15 is 0 Å². The van der Waals surface area contributed by atoms with Crippen molar-refractivity contribution in [3.8, 4) is 0 Å². The molecule has 15 heavy (non-hydrogen) atoms. The zero-order valence-corrected chi connectivity index (χ0v) is 10.3. The van der Waals surface area contributed by atoms with Gasteiger partial charge in [0, 0.05) is 17.0 Å². The zero-order valence-electron chi connectivity index (χ0n) is 9.53. The van der Waals surface area contributed by atoms with E-state index in [1.54, 1.807) is 11.8 Å². The molecule has 0 saturated carbocycles. The number of benzene rings is 1. The lowest BCUT2D eigenvalue weighted by atomic mass is 10.2. The molecule has 0 spiro atoms. The lowest BCUT2D eigenvalue weighted by molar-refractivity contribution is 0.665. The number of aliphatic imine (C=N–C) groups is 1. The summed E-state index contributed by atoms with van der Waals surface area (Å²) in [6.07, 6.45) is 2.06. The predicted octanol–water partition coefficient (Wildman–Crippen LogP) is 2.77. The number of amidine groups is 1. The van der Waals surface area contributed by atoms with E-state index < -0.39 is 0 Å². The van der Waals surface area contributed by atoms with Crippen LogP contribution in [0.25, 0.3) is 0 Å². The van der Waals surface area contributed by atoms with E-state index in [4.69, 9.17) is 5.73 Å². The molecular formula is C12H18N2S. The summed E-state index contributed by atoms with van der Waals surface area (Å²) in [5, 5.41) is 0. The summed E-state index contributed by atoms with van der Waals surface area (Å²) in [6, 6.07) is 8.17. The van der Waals surface area contributed by atoms with Crippen molar-refractivity contribution in [3.05, 3.63) is 29.8 Å². The van der Waals surface area contributed by atoms with Gasteiger partial charge < -0.3 is 5.73 Å². The van der Waals surface area contributed by atoms with Crippen molar-refractivity contribution in [2.24, 2.45) is 16.6 Å². The molecule has 0 aromatic heterocycles. The van der Waals surface area contributed by atoms with Gasteiger partial charge in [-0.1, -0.05) is 26.0 Å². The number of nitrogens with zero attached hydrogens (tertiary/aromatic N) is 1. The number of hydrogen-bond donors (Lipinski definition) is 1. The topological polar surface area (TPSA) is 38.4 Å². The summed E-state index contributed by atoms with van der Waals surface area (Å²) in [7, 11) is 0. The standard InChI is InChI=1S/C12H18N2S/c1-9(2)8-14-12(13)10-4-6-11(15-3)7-5-10/h4-7,9H,8H2,1-3H3,(H2,13,14). The SMILES string of the molecule is CSc1ccc(C(N)=NCC(C)C)cc1. The maximum Gasteiger partial charge on any atom is 0.125 e. The third-order valence-corrected chi connectivity index (χ3v) is 2.76. The zero-order chi connectivity index (χ0) is 11.3. The van der Waals surface area contributed by atoms with Crippen LogP contribution in [-0.2, 0) is 0 Å². The Bertz CT molecular complexity index is 328. The van der Waals surface area contributed by atoms with Crippen molar-refractivity contribution in [3.63, 3.8) is 0 Å². The van der Waals surface area contributed by atoms with Crippen molar-refractivity contribution in [2.75, 3.05) is 12.8 Å². The Morgan fingerprint density at radius 1 is 1.33 bits per heavy atom. The fourth-order valence-corrected chi connectivity index (χ4v) is 1.54. The molecule has 0 amide bonds. The molecule has 1 aromatic carbocycles. The van der Waals surface area contributed by atoms with Crippen molar-refractivity contribution in [1.82, 2.24) is 0 Å². The van der Waals surface area contributed by atoms with Crippen LogP contribution in [-0.4, -0.2) is 18.6 Å². The summed E-state index contributed by atoms with van der Waals surface area (Å²) >= 11 is 1.73. The molecule has 0 saturated heterocycles. The number of thioether (sulfide) groups is 1. The quantitative estimate of drug-likeness (QED) is 0.483. The Morgan fingerprint density at radius 3 is 2.40 bits per heavy atom. The first-order valence-corrected chi connectivity index (χ1v) is 6.30. The van der Waals surface area contributed by atoms with Crippen LogP contribution in [0.3, 0.4) is 0 Å². The molecule has 2 nitrogen and oxygen atoms in total. The first-order valence-electron chi connectivity index (χ1n) is 5.08. The minimum Gasteiger partial charge on any atom is -0.384 e. The van der Waals surface area contributed by atoms with Gasteiger partial charge in [-0.3, -0.25) is 4.99 Å². The van der Waals surface area contributed by atoms with Crippen LogP contribution in [0.2, 0.25) is 0 Å². The Balaban J connectivity index is 2.73. The van der Waals surface area contributed by atoms with Crippen LogP contribution in [0.5, 0.6) is 0 Å². The van der Waals surface area contributed by atoms with Gasteiger partial charge in [-0.2, -0.15) is 0 Å². The van der Waals surface area contributed by atoms with Crippen LogP contribution in [0.4, 0.5) is 0 Å². The predicted molar refractivity (Wildman–Crippen MR) is 68.7 cm³/mol. The summed E-state index contributed by atoms with van der Waals surface area (Å²) in [5.41, 5.74) is 6.89. The molecule has 3 heteroatoms. The van der Waals surface area contributed by atoms with E-state index in [1.165, 1.54) is 4.90 Å². The Kier molecular flexibility index (Phi) is 4.69. The van der Waals surface area contributed by atoms with E-state index in [1.807, 2.05) is 12.1 Å². The van der Waals surface area contributed by atoms with Crippen LogP contribution in [0, 0.1) is 5.92 Å². The molecule has 0 atom stereocenters. The largest absolute Gasteiger partial charge is 0.384 e. The molecule has 0 bridgehead atoms. The molecule has 0 aliphatic rings. The van der Waals surface area contributed by atoms with Gasteiger partial charge in [0.2, 0.25) is 0 Å². The summed E-state index contributed by atoms with van der Waals surface area (Å²) < 4.78 is 0. The van der Waals surface area contributed by atoms with Gasteiger partial charge in [0.1, 0.15) is 5.84 Å². The van der Waals surface area contributed by atoms with Crippen LogP contribution < -0.4 is 5.73 Å². The molecule has 0 radical (unpaired) electrons. The van der Waals surface area contributed by atoms with Crippen molar-refractivity contribution >= 4 is 17.6 Å². The molecule has 2 N–H and O–H groups in total. The highest BCUT2D eigenvalue weighted by atomic mass is 32.2. The van der Waals surface area contributed by atoms with E-state index in [0.717, 1.165) is 12.1 Å². The van der Waals surface area contributed by atoms with Crippen molar-refractivity contribution < 1.29 is 0 Å². The van der Waals surface area contributed by atoms with E-state index in [-0.39, 0.29) is 0 Å². The highest BCUT2D eigenvalue weighted by Gasteiger charge is 1.99. The molecule has 0 aliphatic carbocycles. The fourth-order valence-electron chi connectivity index (χ4n) is 1.13. The lowest BCUT2D eigenvalue weighted by Crippen LogP contribution is -2.14. The van der Waals surface area contributed by atoms with E-state index in [2.05, 4.69) is 37.2 Å². The number of hydrogen-bond acceptors (Lipinski definition) is 2. The highest BCUT2D eigenvalue weighted by molar-refractivity contribution is 7.98. The summed E-state index contributed by atoms with van der Waals surface area (Å²) in [5.74, 6) is 1.19. The minimum absolute atomic E-state index is 0.550. The van der Waals surface area contributed by atoms with Gasteiger partial charge in [-0.25, -0.2) is 0 Å². The average Bonchev–Trinajstić information content (AvgIpc) is 2.26. The Morgan fingerprint density at radius 2 is 1.93 bits per heavy atom. The fraction of sp³-hybridized carbons (Fsp3) is 0.417. The molecular weight excluding hydrogens is 204 g/mol. The summed E-state index contributed by atoms with van der Waals surface area (Å²) in [6.45, 7) is 5.05. The highest BCUT2D eigenvalue weighted by Crippen LogP contribution is 2.14. The third-order valence-electron chi connectivity index (χ3n) is 2.01. The third kappa shape index (κ3) is 3.96. The van der Waals surface area contributed by atoms with Crippen LogP contribution in [0.1, 0.15) is 19.4 Å². The van der Waals surface area contributed by atoms with Crippen molar-refractivity contribution in [1.29, 1.82) is 0 Å².